The Hall–Kier alpha value is 2.29. The van der Waals surface area contributed by atoms with Crippen molar-refractivity contribution in [2.24, 2.45) is 0 Å². The van der Waals surface area contributed by atoms with Crippen molar-refractivity contribution in [1.82, 2.24) is 0 Å². The Morgan fingerprint density at radius 3 is 1.89 bits per heavy atom. The minimum Gasteiger partial charge on any atom is -0.831 e. The predicted octanol–water partition coefficient (Wildman–Crippen LogP) is -5.38. The van der Waals surface area contributed by atoms with Crippen LogP contribution >= 0.6 is 25.8 Å². The summed E-state index contributed by atoms with van der Waals surface area (Å²) in [6.07, 6.45) is 1.83. The third kappa shape index (κ3) is 7.40. The van der Waals surface area contributed by atoms with Crippen LogP contribution in [0.1, 0.15) is 11.0 Å². The van der Waals surface area contributed by atoms with E-state index in [9.17, 15) is 14.4 Å². The molecule has 0 aromatic heterocycles. The average molecular weight is 358 g/mol. The van der Waals surface area contributed by atoms with Crippen LogP contribution in [0.3, 0.4) is 0 Å². The van der Waals surface area contributed by atoms with Gasteiger partial charge in [0.2, 0.25) is 0 Å². The van der Waals surface area contributed by atoms with Gasteiger partial charge in [0.1, 0.15) is 0 Å². The summed E-state index contributed by atoms with van der Waals surface area (Å²) in [5, 5.41) is -1.94. The van der Waals surface area contributed by atoms with Crippen molar-refractivity contribution in [2.75, 3.05) is 6.26 Å². The van der Waals surface area contributed by atoms with Crippen molar-refractivity contribution < 1.29 is 83.3 Å². The maximum atomic E-state index is 11.3. The number of hydrogen-bond donors (Lipinski definition) is 2. The SMILES string of the molecule is CSc1ccc(C(P(=O)(O)O)P([O-])([O-])=S)cc1.[Na+].[Na+]. The van der Waals surface area contributed by atoms with Crippen molar-refractivity contribution in [3.63, 3.8) is 0 Å². The van der Waals surface area contributed by atoms with E-state index in [0.717, 1.165) is 4.90 Å². The third-order valence-corrected chi connectivity index (χ3v) is 7.52. The third-order valence-electron chi connectivity index (χ3n) is 2.03. The number of benzene rings is 1. The fourth-order valence-electron chi connectivity index (χ4n) is 1.34. The molecular formula is C8H10Na2O5P2S2. The summed E-state index contributed by atoms with van der Waals surface area (Å²) in [6.45, 7) is -4.58. The van der Waals surface area contributed by atoms with Gasteiger partial charge in [0.05, 0.1) is 5.40 Å². The molecule has 2 N–H and O–H groups in total. The molecule has 0 amide bonds. The maximum Gasteiger partial charge on any atom is 1.00 e. The van der Waals surface area contributed by atoms with E-state index in [0.29, 0.717) is 0 Å². The van der Waals surface area contributed by atoms with E-state index in [1.165, 1.54) is 23.9 Å². The Labute approximate surface area is 165 Å². The average Bonchev–Trinajstić information content (AvgIpc) is 2.14. The fourth-order valence-corrected chi connectivity index (χ4v) is 5.79. The molecule has 1 rings (SSSR count). The zero-order valence-corrected chi connectivity index (χ0v) is 18.1. The number of hydrogen-bond acceptors (Lipinski definition) is 5. The van der Waals surface area contributed by atoms with E-state index in [2.05, 4.69) is 11.8 Å². The standard InChI is InChI=1S/C8H12O5P2S2.2Na/c1-17-7-4-2-6(3-5-7)8(14(9,10)11)15(12,13)16;;/h2-5,8H,1H3,(H2,9,10,11)(H2,12,13,16);;/q;2*+1/p-2. The molecule has 96 valence electrons. The second-order valence-corrected chi connectivity index (χ2v) is 9.38. The van der Waals surface area contributed by atoms with Crippen molar-refractivity contribution in [2.45, 2.75) is 10.3 Å². The Bertz CT molecular complexity index is 464. The molecule has 1 aromatic rings. The summed E-state index contributed by atoms with van der Waals surface area (Å²) < 4.78 is 11.2. The van der Waals surface area contributed by atoms with Crippen LogP contribution in [0.25, 0.3) is 0 Å². The molecule has 0 radical (unpaired) electrons. The molecule has 0 aliphatic rings. The molecule has 19 heavy (non-hydrogen) atoms. The van der Waals surface area contributed by atoms with Gasteiger partial charge in [-0.25, -0.2) is 0 Å². The summed E-state index contributed by atoms with van der Waals surface area (Å²) in [5.74, 6) is 0. The molecule has 0 fully saturated rings. The largest absolute Gasteiger partial charge is 1.00 e. The van der Waals surface area contributed by atoms with E-state index < -0.39 is 19.5 Å². The normalized spacial score (nSPS) is 13.1. The molecule has 0 saturated carbocycles. The van der Waals surface area contributed by atoms with Crippen molar-refractivity contribution in [3.8, 4) is 0 Å². The summed E-state index contributed by atoms with van der Waals surface area (Å²) >= 11 is 5.64. The molecule has 1 aromatic carbocycles. The van der Waals surface area contributed by atoms with Gasteiger partial charge in [0.15, 0.2) is 0 Å². The second-order valence-electron chi connectivity index (χ2n) is 3.28. The molecule has 0 saturated heterocycles. The Balaban J connectivity index is 0. The van der Waals surface area contributed by atoms with Crippen LogP contribution in [0.5, 0.6) is 0 Å². The molecule has 0 bridgehead atoms. The predicted molar refractivity (Wildman–Crippen MR) is 67.3 cm³/mol. The van der Waals surface area contributed by atoms with E-state index in [-0.39, 0.29) is 64.7 Å². The first kappa shape index (κ1) is 23.6. The van der Waals surface area contributed by atoms with Crippen LogP contribution in [-0.4, -0.2) is 16.0 Å². The smallest absolute Gasteiger partial charge is 0.831 e. The van der Waals surface area contributed by atoms with Gasteiger partial charge in [0.25, 0.3) is 0 Å². The number of thioether (sulfide) groups is 1. The molecule has 11 heteroatoms. The Morgan fingerprint density at radius 2 is 1.63 bits per heavy atom. The van der Waals surface area contributed by atoms with Gasteiger partial charge in [-0.1, -0.05) is 12.1 Å². The molecule has 0 aliphatic carbocycles. The van der Waals surface area contributed by atoms with Crippen molar-refractivity contribution in [1.29, 1.82) is 0 Å². The van der Waals surface area contributed by atoms with Crippen LogP contribution in [-0.2, 0) is 16.4 Å². The minimum atomic E-state index is -4.83. The van der Waals surface area contributed by atoms with Gasteiger partial charge in [-0.2, -0.15) is 6.49 Å². The van der Waals surface area contributed by atoms with Gasteiger partial charge < -0.3 is 19.6 Å². The summed E-state index contributed by atoms with van der Waals surface area (Å²) in [6, 6.07) is 5.92. The van der Waals surface area contributed by atoms with Gasteiger partial charge >= 0.3 is 66.7 Å². The molecular weight excluding hydrogens is 348 g/mol. The van der Waals surface area contributed by atoms with E-state index in [1.807, 2.05) is 6.26 Å². The Morgan fingerprint density at radius 1 is 1.21 bits per heavy atom. The second kappa shape index (κ2) is 9.43. The first-order valence-corrected chi connectivity index (χ1v) is 9.98. The summed E-state index contributed by atoms with van der Waals surface area (Å²) in [5.41, 5.74) is 0.0180. The van der Waals surface area contributed by atoms with E-state index >= 15 is 0 Å². The van der Waals surface area contributed by atoms with Crippen molar-refractivity contribution >= 4 is 37.7 Å². The number of rotatable bonds is 4. The molecule has 5 nitrogen and oxygen atoms in total. The van der Waals surface area contributed by atoms with Crippen LogP contribution in [0, 0.1) is 0 Å². The van der Waals surface area contributed by atoms with Crippen molar-refractivity contribution in [3.05, 3.63) is 29.8 Å². The van der Waals surface area contributed by atoms with Crippen LogP contribution in [0.15, 0.2) is 29.2 Å². The van der Waals surface area contributed by atoms with Crippen LogP contribution < -0.4 is 68.9 Å². The quantitative estimate of drug-likeness (QED) is 0.315. The fraction of sp³-hybridized carbons (Fsp3) is 0.250. The van der Waals surface area contributed by atoms with Gasteiger partial charge in [-0.15, -0.1) is 23.6 Å². The summed E-state index contributed by atoms with van der Waals surface area (Å²) in [7, 11) is -4.83. The van der Waals surface area contributed by atoms with Crippen LogP contribution in [0.2, 0.25) is 0 Å². The molecule has 1 unspecified atom stereocenters. The minimum absolute atomic E-state index is 0. The van der Waals surface area contributed by atoms with E-state index in [1.54, 1.807) is 12.1 Å². The zero-order valence-electron chi connectivity index (χ0n) is 10.7. The monoisotopic (exact) mass is 358 g/mol. The summed E-state index contributed by atoms with van der Waals surface area (Å²) in [4.78, 5) is 41.5. The molecule has 1 atom stereocenters. The van der Waals surface area contributed by atoms with E-state index in [4.69, 9.17) is 9.79 Å². The maximum absolute atomic E-state index is 11.3. The first-order valence-electron chi connectivity index (χ1n) is 4.37. The van der Waals surface area contributed by atoms with Gasteiger partial charge in [-0.05, 0) is 24.0 Å². The van der Waals surface area contributed by atoms with Gasteiger partial charge in [0, 0.05) is 4.90 Å². The topological polar surface area (TPSA) is 104 Å². The molecule has 0 heterocycles. The van der Waals surface area contributed by atoms with Crippen LogP contribution in [0.4, 0.5) is 0 Å². The Kier molecular flexibility index (Phi) is 11.7. The zero-order chi connectivity index (χ0) is 13.3. The van der Waals surface area contributed by atoms with Gasteiger partial charge in [-0.3, -0.25) is 4.57 Å². The first-order chi connectivity index (χ1) is 7.66. The molecule has 0 spiro atoms. The molecule has 0 aliphatic heterocycles.